The minimum absolute atomic E-state index is 0.0758. The number of amides is 1. The van der Waals surface area contributed by atoms with Gasteiger partial charge in [0.15, 0.2) is 5.75 Å². The van der Waals surface area contributed by atoms with Crippen LogP contribution in [0.15, 0.2) is 72.8 Å². The van der Waals surface area contributed by atoms with Gasteiger partial charge in [-0.05, 0) is 53.4 Å². The number of sulfonamides is 1. The maximum absolute atomic E-state index is 12.9. The summed E-state index contributed by atoms with van der Waals surface area (Å²) in [5, 5.41) is 3.13. The number of ether oxygens (including phenoxy) is 1. The number of rotatable bonds is 7. The van der Waals surface area contributed by atoms with Crippen LogP contribution in [-0.2, 0) is 20.2 Å². The van der Waals surface area contributed by atoms with E-state index in [2.05, 4.69) is 26.1 Å². The summed E-state index contributed by atoms with van der Waals surface area (Å²) in [5.41, 5.74) is 1.74. The molecule has 0 spiro atoms. The molecule has 1 N–H and O–H groups in total. The average Bonchev–Trinajstić information content (AvgIpc) is 2.73. The molecule has 0 atom stereocenters. The van der Waals surface area contributed by atoms with Gasteiger partial charge in [0.2, 0.25) is 15.9 Å². The lowest BCUT2D eigenvalue weighted by atomic mass is 9.87. The van der Waals surface area contributed by atoms with E-state index in [-0.39, 0.29) is 5.41 Å². The average molecular weight is 487 g/mol. The molecule has 0 bridgehead atoms. The van der Waals surface area contributed by atoms with Gasteiger partial charge in [0, 0.05) is 5.02 Å². The van der Waals surface area contributed by atoms with Crippen molar-refractivity contribution in [1.29, 1.82) is 0 Å². The number of nitrogens with zero attached hydrogens (tertiary/aromatic N) is 1. The molecule has 0 saturated carbocycles. The Balaban J connectivity index is 1.82. The molecule has 8 heteroatoms. The normalized spacial score (nSPS) is 11.7. The van der Waals surface area contributed by atoms with Gasteiger partial charge in [-0.15, -0.1) is 0 Å². The van der Waals surface area contributed by atoms with Crippen molar-refractivity contribution in [2.75, 3.05) is 22.4 Å². The maximum Gasteiger partial charge on any atom is 0.245 e. The smallest absolute Gasteiger partial charge is 0.245 e. The topological polar surface area (TPSA) is 75.7 Å². The minimum atomic E-state index is -3.71. The Bertz CT molecular complexity index is 1220. The lowest BCUT2D eigenvalue weighted by molar-refractivity contribution is -0.114. The minimum Gasteiger partial charge on any atom is -0.455 e. The molecule has 3 aromatic carbocycles. The second-order valence-corrected chi connectivity index (χ2v) is 11.0. The fourth-order valence-corrected chi connectivity index (χ4v) is 4.18. The third-order valence-corrected chi connectivity index (χ3v) is 6.27. The van der Waals surface area contributed by atoms with Crippen molar-refractivity contribution >= 4 is 38.9 Å². The number of para-hydroxylation sites is 1. The number of nitrogens with one attached hydrogen (secondary N) is 1. The highest BCUT2D eigenvalue weighted by Crippen LogP contribution is 2.32. The Hall–Kier alpha value is -3.03. The van der Waals surface area contributed by atoms with E-state index in [1.807, 2.05) is 30.3 Å². The molecule has 3 aromatic rings. The van der Waals surface area contributed by atoms with Crippen LogP contribution in [0.1, 0.15) is 26.3 Å². The number of hydrogen-bond acceptors (Lipinski definition) is 4. The van der Waals surface area contributed by atoms with Crippen LogP contribution in [0.2, 0.25) is 5.02 Å². The summed E-state index contributed by atoms with van der Waals surface area (Å²) in [6.45, 7) is 5.82. The van der Waals surface area contributed by atoms with Crippen LogP contribution in [-0.4, -0.2) is 27.1 Å². The molecular formula is C25H27ClN2O4S. The van der Waals surface area contributed by atoms with E-state index < -0.39 is 22.5 Å². The van der Waals surface area contributed by atoms with Gasteiger partial charge in [0.05, 0.1) is 17.6 Å². The zero-order valence-electron chi connectivity index (χ0n) is 19.0. The highest BCUT2D eigenvalue weighted by molar-refractivity contribution is 7.92. The first-order valence-corrected chi connectivity index (χ1v) is 12.6. The molecule has 1 amide bonds. The highest BCUT2D eigenvalue weighted by Gasteiger charge is 2.23. The first-order chi connectivity index (χ1) is 15.4. The third-order valence-electron chi connectivity index (χ3n) is 4.90. The fourth-order valence-electron chi connectivity index (χ4n) is 3.15. The fraction of sp³-hybridized carbons (Fsp3) is 0.240. The Labute approximate surface area is 200 Å². The molecule has 0 unspecified atom stereocenters. The lowest BCUT2D eigenvalue weighted by Gasteiger charge is -2.24. The van der Waals surface area contributed by atoms with Crippen molar-refractivity contribution in [1.82, 2.24) is 0 Å². The summed E-state index contributed by atoms with van der Waals surface area (Å²) in [4.78, 5) is 12.9. The summed E-state index contributed by atoms with van der Waals surface area (Å²) in [5.74, 6) is 0.451. The van der Waals surface area contributed by atoms with E-state index in [4.69, 9.17) is 16.3 Å². The second kappa shape index (κ2) is 9.85. The number of anilines is 2. The van der Waals surface area contributed by atoms with Gasteiger partial charge in [-0.3, -0.25) is 9.10 Å². The van der Waals surface area contributed by atoms with Crippen LogP contribution in [0.3, 0.4) is 0 Å². The number of carbonyl (C=O) groups is 1. The molecule has 6 nitrogen and oxygen atoms in total. The van der Waals surface area contributed by atoms with Gasteiger partial charge in [-0.2, -0.15) is 0 Å². The number of hydrogen-bond donors (Lipinski definition) is 1. The van der Waals surface area contributed by atoms with Crippen molar-refractivity contribution in [3.8, 4) is 11.5 Å². The number of benzene rings is 3. The monoisotopic (exact) mass is 486 g/mol. The molecule has 174 valence electrons. The molecule has 0 radical (unpaired) electrons. The Kier molecular flexibility index (Phi) is 7.34. The summed E-state index contributed by atoms with van der Waals surface area (Å²) in [6, 6.07) is 21.1. The SMILES string of the molecule is CC(C)(C)c1ccc(N(CC(=O)Nc2cc(Cl)ccc2Oc2ccccc2)S(C)(=O)=O)cc1. The van der Waals surface area contributed by atoms with Crippen LogP contribution in [0.5, 0.6) is 11.5 Å². The summed E-state index contributed by atoms with van der Waals surface area (Å²) in [7, 11) is -3.71. The van der Waals surface area contributed by atoms with Gasteiger partial charge in [-0.1, -0.05) is 62.7 Å². The molecule has 0 aliphatic rings. The standard InChI is InChI=1S/C25H27ClN2O4S/c1-25(2,3)18-10-13-20(14-11-18)28(33(4,30)31)17-24(29)27-22-16-19(26)12-15-23(22)32-21-8-6-5-7-9-21/h5-16H,17H2,1-4H3,(H,27,29). The first-order valence-electron chi connectivity index (χ1n) is 10.3. The molecule has 0 heterocycles. The van der Waals surface area contributed by atoms with Crippen LogP contribution >= 0.6 is 11.6 Å². The third kappa shape index (κ3) is 6.73. The zero-order valence-corrected chi connectivity index (χ0v) is 20.6. The zero-order chi connectivity index (χ0) is 24.2. The van der Waals surface area contributed by atoms with Crippen molar-refractivity contribution < 1.29 is 17.9 Å². The Morgan fingerprint density at radius 3 is 2.21 bits per heavy atom. The molecular weight excluding hydrogens is 460 g/mol. The predicted molar refractivity (Wildman–Crippen MR) is 134 cm³/mol. The summed E-state index contributed by atoms with van der Waals surface area (Å²) in [6.07, 6.45) is 1.07. The molecule has 0 saturated heterocycles. The largest absolute Gasteiger partial charge is 0.455 e. The van der Waals surface area contributed by atoms with Gasteiger partial charge in [-0.25, -0.2) is 8.42 Å². The number of carbonyl (C=O) groups excluding carboxylic acids is 1. The summed E-state index contributed by atoms with van der Waals surface area (Å²) >= 11 is 6.12. The lowest BCUT2D eigenvalue weighted by Crippen LogP contribution is -2.37. The van der Waals surface area contributed by atoms with E-state index in [0.717, 1.165) is 16.1 Å². The van der Waals surface area contributed by atoms with Crippen LogP contribution in [0.25, 0.3) is 0 Å². The van der Waals surface area contributed by atoms with E-state index in [9.17, 15) is 13.2 Å². The molecule has 0 aliphatic heterocycles. The van der Waals surface area contributed by atoms with E-state index >= 15 is 0 Å². The molecule has 0 aromatic heterocycles. The van der Waals surface area contributed by atoms with E-state index in [1.165, 1.54) is 0 Å². The van der Waals surface area contributed by atoms with Crippen molar-refractivity contribution in [3.63, 3.8) is 0 Å². The second-order valence-electron chi connectivity index (χ2n) is 8.67. The van der Waals surface area contributed by atoms with Crippen LogP contribution in [0.4, 0.5) is 11.4 Å². The maximum atomic E-state index is 12.9. The Morgan fingerprint density at radius 2 is 1.64 bits per heavy atom. The van der Waals surface area contributed by atoms with Gasteiger partial charge < -0.3 is 10.1 Å². The highest BCUT2D eigenvalue weighted by atomic mass is 35.5. The Morgan fingerprint density at radius 1 is 1.00 bits per heavy atom. The first kappa shape index (κ1) is 24.6. The summed E-state index contributed by atoms with van der Waals surface area (Å²) < 4.78 is 31.9. The van der Waals surface area contributed by atoms with E-state index in [0.29, 0.717) is 27.9 Å². The van der Waals surface area contributed by atoms with Crippen molar-refractivity contribution in [3.05, 3.63) is 83.4 Å². The van der Waals surface area contributed by atoms with E-state index in [1.54, 1.807) is 42.5 Å². The van der Waals surface area contributed by atoms with Gasteiger partial charge >= 0.3 is 0 Å². The van der Waals surface area contributed by atoms with Crippen molar-refractivity contribution in [2.24, 2.45) is 0 Å². The molecule has 0 fully saturated rings. The molecule has 3 rings (SSSR count). The van der Waals surface area contributed by atoms with Crippen LogP contribution < -0.4 is 14.4 Å². The number of halogens is 1. The predicted octanol–water partition coefficient (Wildman–Crippen LogP) is 5.83. The quantitative estimate of drug-likeness (QED) is 0.455. The molecule has 33 heavy (non-hydrogen) atoms. The van der Waals surface area contributed by atoms with Gasteiger partial charge in [0.1, 0.15) is 12.3 Å². The molecule has 0 aliphatic carbocycles. The van der Waals surface area contributed by atoms with Crippen LogP contribution in [0, 0.1) is 0 Å². The van der Waals surface area contributed by atoms with Gasteiger partial charge in [0.25, 0.3) is 0 Å². The van der Waals surface area contributed by atoms with Crippen molar-refractivity contribution in [2.45, 2.75) is 26.2 Å².